The monoisotopic (exact) mass is 393 g/mol. The summed E-state index contributed by atoms with van der Waals surface area (Å²) in [6.07, 6.45) is 1.47. The Balaban J connectivity index is 1.51. The molecule has 0 aromatic heterocycles. The summed E-state index contributed by atoms with van der Waals surface area (Å²) in [7, 11) is 1.56. The van der Waals surface area contributed by atoms with E-state index in [1.807, 2.05) is 36.4 Å². The molecule has 0 aliphatic carbocycles. The van der Waals surface area contributed by atoms with E-state index < -0.39 is 5.92 Å². The highest BCUT2D eigenvalue weighted by Crippen LogP contribution is 2.34. The molecule has 2 fully saturated rings. The van der Waals surface area contributed by atoms with Crippen molar-refractivity contribution < 1.29 is 19.1 Å². The predicted octanol–water partition coefficient (Wildman–Crippen LogP) is 2.81. The molecule has 7 nitrogen and oxygen atoms in total. The van der Waals surface area contributed by atoms with Crippen molar-refractivity contribution in [3.63, 3.8) is 0 Å². The lowest BCUT2D eigenvalue weighted by molar-refractivity contribution is -0.122. The van der Waals surface area contributed by atoms with Gasteiger partial charge in [-0.15, -0.1) is 0 Å². The first-order valence-electron chi connectivity index (χ1n) is 9.72. The van der Waals surface area contributed by atoms with Crippen LogP contribution in [0.1, 0.15) is 19.3 Å². The van der Waals surface area contributed by atoms with Crippen LogP contribution in [-0.4, -0.2) is 37.9 Å². The number of nitrogens with zero attached hydrogens (tertiary/aromatic N) is 2. The van der Waals surface area contributed by atoms with Crippen LogP contribution in [0.15, 0.2) is 48.5 Å². The Morgan fingerprint density at radius 1 is 1.00 bits per heavy atom. The molecule has 2 aliphatic rings. The molecule has 2 aromatic rings. The summed E-state index contributed by atoms with van der Waals surface area (Å²) in [5.41, 5.74) is 1.96. The third-order valence-corrected chi connectivity index (χ3v) is 5.40. The van der Waals surface area contributed by atoms with Gasteiger partial charge in [-0.3, -0.25) is 14.4 Å². The fraction of sp³-hybridized carbons (Fsp3) is 0.318. The number of para-hydroxylation sites is 4. The van der Waals surface area contributed by atoms with Gasteiger partial charge < -0.3 is 19.9 Å². The van der Waals surface area contributed by atoms with Crippen LogP contribution in [0, 0.1) is 5.92 Å². The first kappa shape index (κ1) is 19.0. The maximum absolute atomic E-state index is 12.9. The van der Waals surface area contributed by atoms with Crippen molar-refractivity contribution >= 4 is 34.8 Å². The van der Waals surface area contributed by atoms with E-state index in [4.69, 9.17) is 4.74 Å². The summed E-state index contributed by atoms with van der Waals surface area (Å²) in [6, 6.07) is 14.6. The number of hydrogen-bond acceptors (Lipinski definition) is 4. The van der Waals surface area contributed by atoms with E-state index in [2.05, 4.69) is 5.32 Å². The van der Waals surface area contributed by atoms with E-state index in [9.17, 15) is 14.4 Å². The zero-order chi connectivity index (χ0) is 20.4. The Hall–Kier alpha value is -3.35. The molecule has 7 heteroatoms. The van der Waals surface area contributed by atoms with E-state index in [1.54, 1.807) is 29.0 Å². The van der Waals surface area contributed by atoms with E-state index in [0.29, 0.717) is 35.8 Å². The molecule has 0 saturated carbocycles. The van der Waals surface area contributed by atoms with Gasteiger partial charge >= 0.3 is 0 Å². The molecule has 2 heterocycles. The zero-order valence-corrected chi connectivity index (χ0v) is 16.3. The number of hydrogen-bond donors (Lipinski definition) is 1. The highest BCUT2D eigenvalue weighted by atomic mass is 16.5. The number of ether oxygens (including phenoxy) is 1. The van der Waals surface area contributed by atoms with Crippen molar-refractivity contribution in [2.24, 2.45) is 5.92 Å². The van der Waals surface area contributed by atoms with Gasteiger partial charge in [0.05, 0.1) is 30.1 Å². The van der Waals surface area contributed by atoms with Crippen LogP contribution >= 0.6 is 0 Å². The molecular weight excluding hydrogens is 370 g/mol. The van der Waals surface area contributed by atoms with Gasteiger partial charge in [0.2, 0.25) is 17.7 Å². The molecule has 0 unspecified atom stereocenters. The molecule has 1 atom stereocenters. The van der Waals surface area contributed by atoms with Crippen LogP contribution < -0.4 is 19.9 Å². The average Bonchev–Trinajstić information content (AvgIpc) is 3.34. The van der Waals surface area contributed by atoms with Crippen LogP contribution in [0.2, 0.25) is 0 Å². The molecule has 2 aliphatic heterocycles. The number of nitrogens with one attached hydrogen (secondary N) is 1. The molecule has 0 bridgehead atoms. The Labute approximate surface area is 169 Å². The maximum Gasteiger partial charge on any atom is 0.229 e. The minimum Gasteiger partial charge on any atom is -0.495 e. The van der Waals surface area contributed by atoms with E-state index in [1.165, 1.54) is 0 Å². The van der Waals surface area contributed by atoms with Crippen molar-refractivity contribution in [1.82, 2.24) is 0 Å². The molecule has 0 radical (unpaired) electrons. The smallest absolute Gasteiger partial charge is 0.229 e. The largest absolute Gasteiger partial charge is 0.495 e. The molecule has 3 amide bonds. The van der Waals surface area contributed by atoms with Crippen molar-refractivity contribution in [3.05, 3.63) is 48.5 Å². The Kier molecular flexibility index (Phi) is 5.20. The van der Waals surface area contributed by atoms with Gasteiger partial charge in [0.1, 0.15) is 5.75 Å². The second-order valence-corrected chi connectivity index (χ2v) is 7.23. The third-order valence-electron chi connectivity index (χ3n) is 5.40. The maximum atomic E-state index is 12.9. The standard InChI is InChI=1S/C22H23N3O4/c1-29-19-10-5-4-9-18(19)25-14-15(13-21(25)27)22(28)23-16-7-2-3-8-17(16)24-12-6-11-20(24)26/h2-5,7-10,15H,6,11-14H2,1H3,(H,23,28)/t15-/m0/s1. The Bertz CT molecular complexity index is 959. The topological polar surface area (TPSA) is 79.0 Å². The summed E-state index contributed by atoms with van der Waals surface area (Å²) < 4.78 is 5.35. The first-order valence-corrected chi connectivity index (χ1v) is 9.72. The SMILES string of the molecule is COc1ccccc1N1C[C@@H](C(=O)Nc2ccccc2N2CCCC2=O)CC1=O. The number of carbonyl (C=O) groups excluding carboxylic acids is 3. The number of rotatable bonds is 5. The van der Waals surface area contributed by atoms with Gasteiger partial charge in [0.15, 0.2) is 0 Å². The van der Waals surface area contributed by atoms with Crippen LogP contribution in [0.4, 0.5) is 17.1 Å². The highest BCUT2D eigenvalue weighted by molar-refractivity contribution is 6.06. The van der Waals surface area contributed by atoms with Crippen LogP contribution in [0.25, 0.3) is 0 Å². The fourth-order valence-corrected chi connectivity index (χ4v) is 3.92. The predicted molar refractivity (Wildman–Crippen MR) is 110 cm³/mol. The second kappa shape index (κ2) is 7.95. The van der Waals surface area contributed by atoms with E-state index in [-0.39, 0.29) is 30.7 Å². The lowest BCUT2D eigenvalue weighted by atomic mass is 10.1. The molecule has 29 heavy (non-hydrogen) atoms. The van der Waals surface area contributed by atoms with Crippen molar-refractivity contribution in [2.75, 3.05) is 35.3 Å². The molecule has 4 rings (SSSR count). The minimum atomic E-state index is -0.477. The molecule has 0 spiro atoms. The van der Waals surface area contributed by atoms with Crippen molar-refractivity contribution in [3.8, 4) is 5.75 Å². The number of anilines is 3. The third kappa shape index (κ3) is 3.68. The summed E-state index contributed by atoms with van der Waals surface area (Å²) in [6.45, 7) is 0.936. The van der Waals surface area contributed by atoms with Gasteiger partial charge in [0, 0.05) is 25.9 Å². The van der Waals surface area contributed by atoms with Gasteiger partial charge in [-0.1, -0.05) is 24.3 Å². The molecule has 150 valence electrons. The number of methoxy groups -OCH3 is 1. The Morgan fingerprint density at radius 2 is 1.72 bits per heavy atom. The minimum absolute atomic E-state index is 0.0603. The normalized spacial score (nSPS) is 19.0. The average molecular weight is 393 g/mol. The van der Waals surface area contributed by atoms with Crippen LogP contribution in [0.5, 0.6) is 5.75 Å². The number of amides is 3. The second-order valence-electron chi connectivity index (χ2n) is 7.23. The molecule has 1 N–H and O–H groups in total. The first-order chi connectivity index (χ1) is 14.1. The fourth-order valence-electron chi connectivity index (χ4n) is 3.92. The lowest BCUT2D eigenvalue weighted by Gasteiger charge is -2.21. The molecule has 2 aromatic carbocycles. The molecule has 2 saturated heterocycles. The van der Waals surface area contributed by atoms with Gasteiger partial charge in [-0.05, 0) is 30.7 Å². The van der Waals surface area contributed by atoms with E-state index >= 15 is 0 Å². The lowest BCUT2D eigenvalue weighted by Crippen LogP contribution is -2.29. The van der Waals surface area contributed by atoms with Crippen LogP contribution in [0.3, 0.4) is 0 Å². The summed E-state index contributed by atoms with van der Waals surface area (Å²) in [5, 5.41) is 2.93. The quantitative estimate of drug-likeness (QED) is 0.847. The Morgan fingerprint density at radius 3 is 2.45 bits per heavy atom. The highest BCUT2D eigenvalue weighted by Gasteiger charge is 2.36. The summed E-state index contributed by atoms with van der Waals surface area (Å²) in [5.74, 6) is -0.160. The molecular formula is C22H23N3O4. The van der Waals surface area contributed by atoms with Crippen molar-refractivity contribution in [2.45, 2.75) is 19.3 Å². The zero-order valence-electron chi connectivity index (χ0n) is 16.3. The van der Waals surface area contributed by atoms with E-state index in [0.717, 1.165) is 6.42 Å². The van der Waals surface area contributed by atoms with Gasteiger partial charge in [-0.2, -0.15) is 0 Å². The number of benzene rings is 2. The van der Waals surface area contributed by atoms with Gasteiger partial charge in [0.25, 0.3) is 0 Å². The summed E-state index contributed by atoms with van der Waals surface area (Å²) >= 11 is 0. The van der Waals surface area contributed by atoms with Crippen LogP contribution in [-0.2, 0) is 14.4 Å². The summed E-state index contributed by atoms with van der Waals surface area (Å²) in [4.78, 5) is 40.9. The number of carbonyl (C=O) groups is 3. The van der Waals surface area contributed by atoms with Crippen molar-refractivity contribution in [1.29, 1.82) is 0 Å². The van der Waals surface area contributed by atoms with Gasteiger partial charge in [-0.25, -0.2) is 0 Å².